The summed E-state index contributed by atoms with van der Waals surface area (Å²) in [6.07, 6.45) is 0. The number of para-hydroxylation sites is 2. The van der Waals surface area contributed by atoms with Crippen LogP contribution in [0.15, 0.2) is 57.4 Å². The third kappa shape index (κ3) is 2.56. The molecule has 2 aromatic heterocycles. The predicted molar refractivity (Wildman–Crippen MR) is 107 cm³/mol. The first-order valence-electron chi connectivity index (χ1n) is 9.35. The van der Waals surface area contributed by atoms with E-state index in [4.69, 9.17) is 23.3 Å². The van der Waals surface area contributed by atoms with Crippen molar-refractivity contribution < 1.29 is 18.3 Å². The highest BCUT2D eigenvalue weighted by molar-refractivity contribution is 5.94. The highest BCUT2D eigenvalue weighted by Gasteiger charge is 2.21. The van der Waals surface area contributed by atoms with Crippen LogP contribution < -0.4 is 9.47 Å². The molecule has 1 aliphatic heterocycles. The lowest BCUT2D eigenvalue weighted by atomic mass is 10.0. The van der Waals surface area contributed by atoms with Gasteiger partial charge in [0.15, 0.2) is 28.6 Å². The quantitative estimate of drug-likeness (QED) is 0.418. The molecule has 0 amide bonds. The Balaban J connectivity index is 1.52. The SMILES string of the molecule is Cc1nc2[c]c(-c3cccc4oc(-c5cccc6c5OCCO6)nc34)ccc2o1. The van der Waals surface area contributed by atoms with Crippen LogP contribution in [0.4, 0.5) is 0 Å². The molecule has 0 aliphatic carbocycles. The fraction of sp³-hybridized carbons (Fsp3) is 0.130. The molecule has 6 nitrogen and oxygen atoms in total. The van der Waals surface area contributed by atoms with E-state index in [1.54, 1.807) is 0 Å². The summed E-state index contributed by atoms with van der Waals surface area (Å²) in [7, 11) is 0. The zero-order valence-electron chi connectivity index (χ0n) is 15.6. The average Bonchev–Trinajstić information content (AvgIpc) is 3.35. The van der Waals surface area contributed by atoms with Crippen molar-refractivity contribution in [2.45, 2.75) is 6.92 Å². The van der Waals surface area contributed by atoms with Crippen LogP contribution in [-0.4, -0.2) is 23.2 Å². The molecule has 1 aliphatic rings. The van der Waals surface area contributed by atoms with Gasteiger partial charge >= 0.3 is 0 Å². The molecular formula is C23H15N2O4. The van der Waals surface area contributed by atoms with Crippen molar-refractivity contribution in [2.75, 3.05) is 13.2 Å². The molecule has 3 heterocycles. The van der Waals surface area contributed by atoms with E-state index in [0.717, 1.165) is 22.2 Å². The molecule has 0 spiro atoms. The first-order valence-corrected chi connectivity index (χ1v) is 9.35. The predicted octanol–water partition coefficient (Wildman–Crippen LogP) is 5.18. The Hall–Kier alpha value is -3.80. The van der Waals surface area contributed by atoms with E-state index in [1.807, 2.05) is 55.5 Å². The number of aromatic nitrogens is 2. The lowest BCUT2D eigenvalue weighted by molar-refractivity contribution is 0.172. The van der Waals surface area contributed by atoms with E-state index < -0.39 is 0 Å². The van der Waals surface area contributed by atoms with Gasteiger partial charge in [0.25, 0.3) is 0 Å². The summed E-state index contributed by atoms with van der Waals surface area (Å²) in [5.74, 6) is 2.48. The second kappa shape index (κ2) is 6.10. The molecule has 0 fully saturated rings. The van der Waals surface area contributed by atoms with Gasteiger partial charge in [0.05, 0.1) is 5.56 Å². The Kier molecular flexibility index (Phi) is 3.41. The molecule has 6 rings (SSSR count). The van der Waals surface area contributed by atoms with Crippen LogP contribution >= 0.6 is 0 Å². The van der Waals surface area contributed by atoms with Crippen molar-refractivity contribution in [3.05, 3.63) is 60.5 Å². The van der Waals surface area contributed by atoms with Crippen LogP contribution in [0.3, 0.4) is 0 Å². The van der Waals surface area contributed by atoms with Crippen molar-refractivity contribution >= 4 is 22.2 Å². The number of ether oxygens (including phenoxy) is 2. The topological polar surface area (TPSA) is 70.5 Å². The summed E-state index contributed by atoms with van der Waals surface area (Å²) < 4.78 is 23.1. The molecule has 5 aromatic rings. The molecule has 3 aromatic carbocycles. The van der Waals surface area contributed by atoms with Gasteiger partial charge in [0, 0.05) is 18.6 Å². The number of hydrogen-bond acceptors (Lipinski definition) is 6. The van der Waals surface area contributed by atoms with Crippen molar-refractivity contribution in [1.82, 2.24) is 9.97 Å². The first-order chi connectivity index (χ1) is 14.3. The standard InChI is InChI=1S/C23H15N2O4/c1-13-24-17-12-14(8-9-18(17)28-13)15-4-2-6-19-21(15)25-23(29-19)16-5-3-7-20-22(16)27-11-10-26-20/h2-9H,10-11H2,1H3. The van der Waals surface area contributed by atoms with Gasteiger partial charge in [-0.3, -0.25) is 0 Å². The van der Waals surface area contributed by atoms with Gasteiger partial charge in [-0.05, 0) is 35.9 Å². The molecule has 29 heavy (non-hydrogen) atoms. The molecular weight excluding hydrogens is 368 g/mol. The zero-order valence-corrected chi connectivity index (χ0v) is 15.6. The maximum atomic E-state index is 6.08. The Morgan fingerprint density at radius 3 is 2.66 bits per heavy atom. The number of nitrogens with zero attached hydrogens (tertiary/aromatic N) is 2. The van der Waals surface area contributed by atoms with Crippen LogP contribution in [0.1, 0.15) is 5.89 Å². The second-order valence-corrected chi connectivity index (χ2v) is 6.82. The van der Waals surface area contributed by atoms with Gasteiger partial charge in [-0.15, -0.1) is 0 Å². The Morgan fingerprint density at radius 1 is 0.828 bits per heavy atom. The number of benzene rings is 3. The summed E-state index contributed by atoms with van der Waals surface area (Å²) in [5.41, 5.74) is 5.43. The van der Waals surface area contributed by atoms with E-state index in [2.05, 4.69) is 11.1 Å². The summed E-state index contributed by atoms with van der Waals surface area (Å²) >= 11 is 0. The molecule has 141 valence electrons. The average molecular weight is 383 g/mol. The molecule has 0 unspecified atom stereocenters. The fourth-order valence-electron chi connectivity index (χ4n) is 3.65. The van der Waals surface area contributed by atoms with E-state index >= 15 is 0 Å². The van der Waals surface area contributed by atoms with Crippen LogP contribution in [-0.2, 0) is 0 Å². The smallest absolute Gasteiger partial charge is 0.231 e. The number of fused-ring (bicyclic) bond motifs is 3. The van der Waals surface area contributed by atoms with Crippen LogP contribution in [0, 0.1) is 13.0 Å². The van der Waals surface area contributed by atoms with Crippen LogP contribution in [0.2, 0.25) is 0 Å². The van der Waals surface area contributed by atoms with Crippen molar-refractivity contribution in [3.63, 3.8) is 0 Å². The maximum Gasteiger partial charge on any atom is 0.231 e. The fourth-order valence-corrected chi connectivity index (χ4v) is 3.65. The summed E-state index contributed by atoms with van der Waals surface area (Å²) in [5, 5.41) is 0. The largest absolute Gasteiger partial charge is 0.486 e. The lowest BCUT2D eigenvalue weighted by Gasteiger charge is -2.19. The van der Waals surface area contributed by atoms with E-state index in [0.29, 0.717) is 53.2 Å². The zero-order chi connectivity index (χ0) is 19.4. The Labute approximate surface area is 165 Å². The van der Waals surface area contributed by atoms with Gasteiger partial charge < -0.3 is 18.3 Å². The Morgan fingerprint density at radius 2 is 1.69 bits per heavy atom. The monoisotopic (exact) mass is 383 g/mol. The van der Waals surface area contributed by atoms with Crippen molar-refractivity contribution in [3.8, 4) is 34.1 Å². The summed E-state index contributed by atoms with van der Waals surface area (Å²) in [6, 6.07) is 18.7. The van der Waals surface area contributed by atoms with Gasteiger partial charge in [-0.25, -0.2) is 9.97 Å². The minimum Gasteiger partial charge on any atom is -0.486 e. The van der Waals surface area contributed by atoms with Gasteiger partial charge in [-0.1, -0.05) is 18.2 Å². The molecule has 0 atom stereocenters. The van der Waals surface area contributed by atoms with E-state index in [9.17, 15) is 0 Å². The van der Waals surface area contributed by atoms with E-state index in [1.165, 1.54) is 0 Å². The molecule has 6 heteroatoms. The van der Waals surface area contributed by atoms with Gasteiger partial charge in [0.1, 0.15) is 24.2 Å². The first kappa shape index (κ1) is 16.2. The number of rotatable bonds is 2. The van der Waals surface area contributed by atoms with Crippen LogP contribution in [0.5, 0.6) is 11.5 Å². The molecule has 0 bridgehead atoms. The van der Waals surface area contributed by atoms with Crippen LogP contribution in [0.25, 0.3) is 44.8 Å². The van der Waals surface area contributed by atoms with Crippen molar-refractivity contribution in [2.24, 2.45) is 0 Å². The normalized spacial score (nSPS) is 13.3. The molecule has 0 saturated heterocycles. The highest BCUT2D eigenvalue weighted by Crippen LogP contribution is 2.41. The van der Waals surface area contributed by atoms with Gasteiger partial charge in [-0.2, -0.15) is 0 Å². The number of oxazole rings is 2. The summed E-state index contributed by atoms with van der Waals surface area (Å²) in [6.45, 7) is 2.86. The maximum absolute atomic E-state index is 6.08. The molecule has 0 N–H and O–H groups in total. The van der Waals surface area contributed by atoms with Gasteiger partial charge in [0.2, 0.25) is 5.89 Å². The second-order valence-electron chi connectivity index (χ2n) is 6.82. The minimum absolute atomic E-state index is 0.494. The number of hydrogen-bond donors (Lipinski definition) is 0. The molecule has 0 saturated carbocycles. The van der Waals surface area contributed by atoms with E-state index in [-0.39, 0.29) is 0 Å². The lowest BCUT2D eigenvalue weighted by Crippen LogP contribution is -2.15. The highest BCUT2D eigenvalue weighted by atomic mass is 16.6. The Bertz CT molecular complexity index is 1380. The summed E-state index contributed by atoms with van der Waals surface area (Å²) in [4.78, 5) is 9.17. The minimum atomic E-state index is 0.494. The van der Waals surface area contributed by atoms with Crippen molar-refractivity contribution in [1.29, 1.82) is 0 Å². The third-order valence-corrected chi connectivity index (χ3v) is 4.92. The third-order valence-electron chi connectivity index (χ3n) is 4.92. The number of aryl methyl sites for hydroxylation is 1. The molecule has 1 radical (unpaired) electrons.